The highest BCUT2D eigenvalue weighted by Gasteiger charge is 2.26. The summed E-state index contributed by atoms with van der Waals surface area (Å²) in [6, 6.07) is 0. The van der Waals surface area contributed by atoms with Crippen LogP contribution in [0.5, 0.6) is 0 Å². The van der Waals surface area contributed by atoms with Crippen LogP contribution in [0, 0.1) is 0 Å². The van der Waals surface area contributed by atoms with E-state index in [1.165, 1.54) is 0 Å². The summed E-state index contributed by atoms with van der Waals surface area (Å²) in [7, 11) is 0. The highest BCUT2D eigenvalue weighted by Crippen LogP contribution is 2.20. The number of halogens is 4. The van der Waals surface area contributed by atoms with Gasteiger partial charge in [0.1, 0.15) is 0 Å². The van der Waals surface area contributed by atoms with Crippen LogP contribution >= 0.6 is 11.8 Å². The van der Waals surface area contributed by atoms with Crippen molar-refractivity contribution in [1.82, 2.24) is 0 Å². The summed E-state index contributed by atoms with van der Waals surface area (Å²) in [4.78, 5) is 0. The second-order valence-electron chi connectivity index (χ2n) is 1.36. The first-order valence-corrected chi connectivity index (χ1v) is 3.42. The Bertz CT molecular complexity index is 69.5. The molecule has 0 aromatic carbocycles. The van der Waals surface area contributed by atoms with E-state index in [0.717, 1.165) is 0 Å². The number of rotatable bonds is 3. The van der Waals surface area contributed by atoms with Crippen molar-refractivity contribution in [3.05, 3.63) is 0 Å². The van der Waals surface area contributed by atoms with E-state index in [-0.39, 0.29) is 5.75 Å². The van der Waals surface area contributed by atoms with Gasteiger partial charge in [0.25, 0.3) is 0 Å². The molecular weight excluding hydrogens is 156 g/mol. The summed E-state index contributed by atoms with van der Waals surface area (Å²) in [6.45, 7) is -0.694. The van der Waals surface area contributed by atoms with Crippen LogP contribution in [0.1, 0.15) is 0 Å². The summed E-state index contributed by atoms with van der Waals surface area (Å²) in [5.41, 5.74) is 0. The lowest BCUT2D eigenvalue weighted by atomic mass is 10.8. The fourth-order valence-corrected chi connectivity index (χ4v) is 0.727. The van der Waals surface area contributed by atoms with Crippen LogP contribution in [-0.2, 0) is 0 Å². The van der Waals surface area contributed by atoms with E-state index in [4.69, 9.17) is 0 Å². The summed E-state index contributed by atoms with van der Waals surface area (Å²) in [5.74, 6) is -1.02. The lowest BCUT2D eigenvalue weighted by Crippen LogP contribution is -2.11. The summed E-state index contributed by atoms with van der Waals surface area (Å²) in [5, 5.41) is 0. The van der Waals surface area contributed by atoms with Crippen LogP contribution < -0.4 is 0 Å². The molecule has 0 amide bonds. The number of hydrogen-bond donors (Lipinski definition) is 0. The molecule has 0 aliphatic rings. The zero-order valence-electron chi connectivity index (χ0n) is 4.54. The van der Waals surface area contributed by atoms with Crippen molar-refractivity contribution < 1.29 is 17.6 Å². The summed E-state index contributed by atoms with van der Waals surface area (Å²) in [6.07, 6.45) is -4.15. The highest BCUT2D eigenvalue weighted by molar-refractivity contribution is 7.99. The quantitative estimate of drug-likeness (QED) is 0.453. The molecule has 5 heteroatoms. The molecule has 0 aromatic rings. The third kappa shape index (κ3) is 8.07. The average Bonchev–Trinajstić information content (AvgIpc) is 1.63. The monoisotopic (exact) mass is 162 g/mol. The number of thioether (sulfide) groups is 1. The van der Waals surface area contributed by atoms with Crippen LogP contribution in [0.25, 0.3) is 0 Å². The standard InChI is InChI=1S/C4H6F4S/c5-1-2-9-3-4(6,7)8/h1-3H2. The van der Waals surface area contributed by atoms with E-state index in [2.05, 4.69) is 0 Å². The SMILES string of the molecule is FCCSCC(F)(F)F. The van der Waals surface area contributed by atoms with E-state index in [1.807, 2.05) is 0 Å². The van der Waals surface area contributed by atoms with Crippen LogP contribution in [0.4, 0.5) is 17.6 Å². The molecule has 0 nitrogen and oxygen atoms in total. The third-order valence-corrected chi connectivity index (χ3v) is 1.46. The Morgan fingerprint density at radius 2 is 1.78 bits per heavy atom. The first-order valence-electron chi connectivity index (χ1n) is 2.27. The predicted octanol–water partition coefficient (Wildman–Crippen LogP) is 2.25. The van der Waals surface area contributed by atoms with Gasteiger partial charge < -0.3 is 0 Å². The Morgan fingerprint density at radius 3 is 2.11 bits per heavy atom. The van der Waals surface area contributed by atoms with E-state index in [1.54, 1.807) is 0 Å². The second kappa shape index (κ2) is 3.98. The normalized spacial score (nSPS) is 12.0. The van der Waals surface area contributed by atoms with Crippen LogP contribution in [0.3, 0.4) is 0 Å². The minimum Gasteiger partial charge on any atom is -0.250 e. The molecule has 0 N–H and O–H groups in total. The van der Waals surface area contributed by atoms with Gasteiger partial charge in [-0.15, -0.1) is 11.8 Å². The summed E-state index contributed by atoms with van der Waals surface area (Å²) >= 11 is 0.560. The van der Waals surface area contributed by atoms with Gasteiger partial charge in [0, 0.05) is 5.75 Å². The minimum absolute atomic E-state index is 0.0699. The predicted molar refractivity (Wildman–Crippen MR) is 29.4 cm³/mol. The molecule has 0 rings (SSSR count). The smallest absolute Gasteiger partial charge is 0.250 e. The third-order valence-electron chi connectivity index (χ3n) is 0.487. The van der Waals surface area contributed by atoms with Gasteiger partial charge in [-0.05, 0) is 0 Å². The van der Waals surface area contributed by atoms with Crippen molar-refractivity contribution in [2.45, 2.75) is 6.18 Å². The Balaban J connectivity index is 3.07. The highest BCUT2D eigenvalue weighted by atomic mass is 32.2. The van der Waals surface area contributed by atoms with Gasteiger partial charge in [0.15, 0.2) is 0 Å². The van der Waals surface area contributed by atoms with Crippen LogP contribution in [0.15, 0.2) is 0 Å². The van der Waals surface area contributed by atoms with Gasteiger partial charge in [-0.2, -0.15) is 13.2 Å². The Hall–Kier alpha value is 0.0700. The Morgan fingerprint density at radius 1 is 1.22 bits per heavy atom. The first kappa shape index (κ1) is 9.07. The van der Waals surface area contributed by atoms with Crippen molar-refractivity contribution >= 4 is 11.8 Å². The van der Waals surface area contributed by atoms with Gasteiger partial charge in [0.2, 0.25) is 0 Å². The molecule has 56 valence electrons. The van der Waals surface area contributed by atoms with E-state index < -0.39 is 18.6 Å². The molecule has 0 radical (unpaired) electrons. The zero-order valence-corrected chi connectivity index (χ0v) is 5.36. The van der Waals surface area contributed by atoms with Crippen molar-refractivity contribution in [3.63, 3.8) is 0 Å². The van der Waals surface area contributed by atoms with E-state index in [9.17, 15) is 17.6 Å². The maximum absolute atomic E-state index is 11.2. The maximum Gasteiger partial charge on any atom is 0.397 e. The molecule has 0 heterocycles. The maximum atomic E-state index is 11.2. The molecular formula is C4H6F4S. The van der Waals surface area contributed by atoms with Gasteiger partial charge in [-0.25, -0.2) is 0 Å². The molecule has 0 spiro atoms. The molecule has 9 heavy (non-hydrogen) atoms. The molecule has 0 aromatic heterocycles. The Labute approximate surface area is 54.6 Å². The molecule has 0 aliphatic carbocycles. The van der Waals surface area contributed by atoms with Crippen molar-refractivity contribution in [2.75, 3.05) is 18.2 Å². The van der Waals surface area contributed by atoms with Crippen molar-refractivity contribution in [3.8, 4) is 0 Å². The van der Waals surface area contributed by atoms with Gasteiger partial charge in [-0.3, -0.25) is 4.39 Å². The fourth-order valence-electron chi connectivity index (χ4n) is 0.242. The van der Waals surface area contributed by atoms with Crippen LogP contribution in [-0.4, -0.2) is 24.4 Å². The van der Waals surface area contributed by atoms with Crippen molar-refractivity contribution in [1.29, 1.82) is 0 Å². The van der Waals surface area contributed by atoms with Gasteiger partial charge in [-0.1, -0.05) is 0 Å². The second-order valence-corrected chi connectivity index (χ2v) is 2.46. The topological polar surface area (TPSA) is 0 Å². The fraction of sp³-hybridized carbons (Fsp3) is 1.00. The van der Waals surface area contributed by atoms with Gasteiger partial charge >= 0.3 is 6.18 Å². The van der Waals surface area contributed by atoms with Crippen molar-refractivity contribution in [2.24, 2.45) is 0 Å². The molecule has 0 saturated carbocycles. The van der Waals surface area contributed by atoms with E-state index >= 15 is 0 Å². The largest absolute Gasteiger partial charge is 0.397 e. The van der Waals surface area contributed by atoms with Gasteiger partial charge in [0.05, 0.1) is 12.4 Å². The molecule has 0 unspecified atom stereocenters. The minimum atomic E-state index is -4.15. The Kier molecular flexibility index (Phi) is 4.01. The zero-order chi connectivity index (χ0) is 7.33. The number of alkyl halides is 4. The average molecular weight is 162 g/mol. The molecule has 0 saturated heterocycles. The van der Waals surface area contributed by atoms with Crippen LogP contribution in [0.2, 0.25) is 0 Å². The summed E-state index contributed by atoms with van der Waals surface area (Å²) < 4.78 is 44.9. The lowest BCUT2D eigenvalue weighted by Gasteiger charge is -2.02. The lowest BCUT2D eigenvalue weighted by molar-refractivity contribution is -0.105. The molecule has 0 bridgehead atoms. The first-order chi connectivity index (χ1) is 4.06. The van der Waals surface area contributed by atoms with E-state index in [0.29, 0.717) is 11.8 Å². The molecule has 0 aliphatic heterocycles. The molecule has 0 atom stereocenters. The number of hydrogen-bond acceptors (Lipinski definition) is 1. The molecule has 0 fully saturated rings.